The van der Waals surface area contributed by atoms with Crippen LogP contribution in [0.15, 0.2) is 0 Å². The van der Waals surface area contributed by atoms with Crippen LogP contribution in [0.5, 0.6) is 0 Å². The summed E-state index contributed by atoms with van der Waals surface area (Å²) in [5.74, 6) is -0.839. The van der Waals surface area contributed by atoms with Gasteiger partial charge in [0.05, 0.1) is 6.42 Å². The fourth-order valence-corrected chi connectivity index (χ4v) is 0.866. The van der Waals surface area contributed by atoms with Gasteiger partial charge in [0.1, 0.15) is 12.7 Å². The molecule has 0 amide bonds. The summed E-state index contributed by atoms with van der Waals surface area (Å²) >= 11 is 0. The van der Waals surface area contributed by atoms with E-state index in [2.05, 4.69) is 14.2 Å². The highest BCUT2D eigenvalue weighted by molar-refractivity contribution is 5.71. The topological polar surface area (TPSA) is 61.8 Å². The number of rotatable bonds is 4. The van der Waals surface area contributed by atoms with Crippen molar-refractivity contribution in [2.24, 2.45) is 0 Å². The van der Waals surface area contributed by atoms with E-state index in [0.29, 0.717) is 0 Å². The summed E-state index contributed by atoms with van der Waals surface area (Å²) in [5.41, 5.74) is 0. The van der Waals surface area contributed by atoms with Crippen LogP contribution in [-0.4, -0.2) is 37.9 Å². The summed E-state index contributed by atoms with van der Waals surface area (Å²) in [4.78, 5) is 21.2. The van der Waals surface area contributed by atoms with E-state index in [4.69, 9.17) is 0 Å². The van der Waals surface area contributed by atoms with Crippen LogP contribution in [0.4, 0.5) is 13.6 Å². The number of halogens is 2. The van der Waals surface area contributed by atoms with Crippen molar-refractivity contribution in [2.45, 2.75) is 19.0 Å². The van der Waals surface area contributed by atoms with Crippen molar-refractivity contribution in [2.75, 3.05) is 13.2 Å². The van der Waals surface area contributed by atoms with Crippen LogP contribution in [0.2, 0.25) is 0 Å². The number of alkyl halides is 2. The highest BCUT2D eigenvalue weighted by Gasteiger charge is 2.28. The van der Waals surface area contributed by atoms with Gasteiger partial charge in [-0.15, -0.1) is 0 Å². The molecule has 0 radical (unpaired) electrons. The first-order valence-electron chi connectivity index (χ1n) is 3.85. The second kappa shape index (κ2) is 4.73. The van der Waals surface area contributed by atoms with Crippen LogP contribution >= 0.6 is 0 Å². The number of hydrogen-bond donors (Lipinski definition) is 0. The molecule has 1 aliphatic rings. The Kier molecular flexibility index (Phi) is 3.61. The summed E-state index contributed by atoms with van der Waals surface area (Å²) in [5, 5.41) is 0. The lowest BCUT2D eigenvalue weighted by Crippen LogP contribution is -2.19. The molecular weight excluding hydrogens is 202 g/mol. The van der Waals surface area contributed by atoms with E-state index in [9.17, 15) is 18.4 Å². The first kappa shape index (κ1) is 10.7. The molecule has 1 saturated heterocycles. The molecule has 1 atom stereocenters. The van der Waals surface area contributed by atoms with Gasteiger partial charge < -0.3 is 14.2 Å². The van der Waals surface area contributed by atoms with Crippen molar-refractivity contribution in [1.29, 1.82) is 0 Å². The smallest absolute Gasteiger partial charge is 0.459 e. The lowest BCUT2D eigenvalue weighted by Gasteiger charge is -2.06. The van der Waals surface area contributed by atoms with Gasteiger partial charge in [-0.25, -0.2) is 13.6 Å². The molecule has 7 heteroatoms. The monoisotopic (exact) mass is 210 g/mol. The van der Waals surface area contributed by atoms with Gasteiger partial charge >= 0.3 is 12.1 Å². The molecule has 80 valence electrons. The second-order valence-electron chi connectivity index (χ2n) is 2.58. The minimum atomic E-state index is -2.69. The van der Waals surface area contributed by atoms with E-state index >= 15 is 0 Å². The highest BCUT2D eigenvalue weighted by Crippen LogP contribution is 2.10. The number of cyclic esters (lactones) is 2. The van der Waals surface area contributed by atoms with Gasteiger partial charge in [-0.05, 0) is 0 Å². The van der Waals surface area contributed by atoms with Crippen molar-refractivity contribution in [3.05, 3.63) is 0 Å². The second-order valence-corrected chi connectivity index (χ2v) is 2.58. The largest absolute Gasteiger partial charge is 0.508 e. The first-order chi connectivity index (χ1) is 6.58. The predicted octanol–water partition coefficient (Wildman–Crippen LogP) is 0.720. The van der Waals surface area contributed by atoms with Gasteiger partial charge in [-0.2, -0.15) is 0 Å². The molecule has 1 rings (SSSR count). The molecule has 0 N–H and O–H groups in total. The van der Waals surface area contributed by atoms with E-state index in [0.717, 1.165) is 0 Å². The van der Waals surface area contributed by atoms with Gasteiger partial charge in [0.15, 0.2) is 6.61 Å². The number of carbonyl (C=O) groups excluding carboxylic acids is 2. The van der Waals surface area contributed by atoms with E-state index in [-0.39, 0.29) is 13.0 Å². The summed E-state index contributed by atoms with van der Waals surface area (Å²) < 4.78 is 36.2. The van der Waals surface area contributed by atoms with Crippen LogP contribution in [0.1, 0.15) is 6.42 Å². The van der Waals surface area contributed by atoms with Gasteiger partial charge in [0.25, 0.3) is 6.43 Å². The zero-order chi connectivity index (χ0) is 10.6. The standard InChI is InChI=1S/C7H8F2O5/c8-5(9)3-12-6(10)1-4-2-13-7(11)14-4/h4-5H,1-3H2. The fourth-order valence-electron chi connectivity index (χ4n) is 0.866. The molecule has 0 aromatic rings. The van der Waals surface area contributed by atoms with Gasteiger partial charge in [-0.3, -0.25) is 4.79 Å². The van der Waals surface area contributed by atoms with Crippen molar-refractivity contribution in [3.8, 4) is 0 Å². The van der Waals surface area contributed by atoms with E-state index < -0.39 is 31.3 Å². The first-order valence-corrected chi connectivity index (χ1v) is 3.85. The Morgan fingerprint density at radius 3 is 2.86 bits per heavy atom. The van der Waals surface area contributed by atoms with Crippen LogP contribution in [0.25, 0.3) is 0 Å². The molecule has 0 spiro atoms. The molecule has 0 bridgehead atoms. The molecular formula is C7H8F2O5. The van der Waals surface area contributed by atoms with Crippen LogP contribution in [0.3, 0.4) is 0 Å². The Morgan fingerprint density at radius 2 is 2.36 bits per heavy atom. The Bertz CT molecular complexity index is 230. The quantitative estimate of drug-likeness (QED) is 0.640. The van der Waals surface area contributed by atoms with Gasteiger partial charge in [0, 0.05) is 0 Å². The number of ether oxygens (including phenoxy) is 3. The molecule has 1 aliphatic heterocycles. The fraction of sp³-hybridized carbons (Fsp3) is 0.714. The predicted molar refractivity (Wildman–Crippen MR) is 37.8 cm³/mol. The lowest BCUT2D eigenvalue weighted by atomic mass is 10.3. The molecule has 0 aromatic heterocycles. The number of carbonyl (C=O) groups is 2. The van der Waals surface area contributed by atoms with Gasteiger partial charge in [0.2, 0.25) is 0 Å². The summed E-state index contributed by atoms with van der Waals surface area (Å²) in [7, 11) is 0. The van der Waals surface area contributed by atoms with E-state index in [1.54, 1.807) is 0 Å². The maximum Gasteiger partial charge on any atom is 0.508 e. The molecule has 1 fully saturated rings. The third kappa shape index (κ3) is 3.55. The highest BCUT2D eigenvalue weighted by atomic mass is 19.3. The Balaban J connectivity index is 2.17. The molecule has 1 unspecified atom stereocenters. The van der Waals surface area contributed by atoms with Crippen LogP contribution < -0.4 is 0 Å². The molecule has 0 aromatic carbocycles. The Morgan fingerprint density at radius 1 is 1.64 bits per heavy atom. The number of hydrogen-bond acceptors (Lipinski definition) is 5. The van der Waals surface area contributed by atoms with Crippen LogP contribution in [0, 0.1) is 0 Å². The maximum absolute atomic E-state index is 11.6. The average molecular weight is 210 g/mol. The third-order valence-corrected chi connectivity index (χ3v) is 1.41. The summed E-state index contributed by atoms with van der Waals surface area (Å²) in [6, 6.07) is 0. The van der Waals surface area contributed by atoms with Crippen molar-refractivity contribution in [3.63, 3.8) is 0 Å². The molecule has 0 saturated carbocycles. The van der Waals surface area contributed by atoms with Gasteiger partial charge in [-0.1, -0.05) is 0 Å². The molecule has 1 heterocycles. The normalized spacial score (nSPS) is 20.5. The van der Waals surface area contributed by atoms with E-state index in [1.807, 2.05) is 0 Å². The summed E-state index contributed by atoms with van der Waals surface area (Å²) in [6.45, 7) is -0.997. The van der Waals surface area contributed by atoms with Crippen LogP contribution in [-0.2, 0) is 19.0 Å². The average Bonchev–Trinajstić information content (AvgIpc) is 2.48. The molecule has 5 nitrogen and oxygen atoms in total. The van der Waals surface area contributed by atoms with E-state index in [1.165, 1.54) is 0 Å². The van der Waals surface area contributed by atoms with Crippen molar-refractivity contribution in [1.82, 2.24) is 0 Å². The maximum atomic E-state index is 11.6. The zero-order valence-electron chi connectivity index (χ0n) is 7.07. The summed E-state index contributed by atoms with van der Waals surface area (Å²) in [6.07, 6.45) is -4.55. The molecule has 14 heavy (non-hydrogen) atoms. The number of esters is 1. The lowest BCUT2D eigenvalue weighted by molar-refractivity contribution is -0.149. The Labute approximate surface area is 77.9 Å². The van der Waals surface area contributed by atoms with Crippen molar-refractivity contribution < 1.29 is 32.6 Å². The Hall–Kier alpha value is -1.40. The minimum absolute atomic E-state index is 0.0530. The molecule has 0 aliphatic carbocycles. The minimum Gasteiger partial charge on any atom is -0.459 e. The zero-order valence-corrected chi connectivity index (χ0v) is 7.07. The SMILES string of the molecule is O=C(CC1COC(=O)O1)OCC(F)F. The third-order valence-electron chi connectivity index (χ3n) is 1.41. The van der Waals surface area contributed by atoms with Crippen molar-refractivity contribution >= 4 is 12.1 Å².